The summed E-state index contributed by atoms with van der Waals surface area (Å²) in [7, 11) is 0. The van der Waals surface area contributed by atoms with Gasteiger partial charge in [-0.25, -0.2) is 0 Å². The molecule has 3 N–H and O–H groups in total. The van der Waals surface area contributed by atoms with E-state index in [1.807, 2.05) is 0 Å². The fourth-order valence-electron chi connectivity index (χ4n) is 6.00. The molecule has 0 aliphatic carbocycles. The monoisotopic (exact) mass is 695 g/mol. The molecule has 0 radical (unpaired) electrons. The molecule has 0 bridgehead atoms. The van der Waals surface area contributed by atoms with E-state index in [0.29, 0.717) is 12.8 Å². The molecule has 0 aliphatic heterocycles. The number of hydrogen-bond donors (Lipinski definition) is 3. The van der Waals surface area contributed by atoms with Crippen LogP contribution in [0.25, 0.3) is 0 Å². The van der Waals surface area contributed by atoms with Gasteiger partial charge in [0.1, 0.15) is 6.61 Å². The first-order chi connectivity index (χ1) is 24.0. The van der Waals surface area contributed by atoms with Gasteiger partial charge in [0.15, 0.2) is 6.10 Å². The van der Waals surface area contributed by atoms with Crippen LogP contribution in [0.4, 0.5) is 0 Å². The molecule has 0 aromatic carbocycles. The summed E-state index contributed by atoms with van der Waals surface area (Å²) < 4.78 is 10.8. The van der Waals surface area contributed by atoms with Gasteiger partial charge in [0.05, 0.1) is 25.2 Å². The number of aliphatic hydroxyl groups excluding tert-OH is 3. The van der Waals surface area contributed by atoms with Crippen molar-refractivity contribution >= 4 is 11.9 Å². The van der Waals surface area contributed by atoms with Crippen molar-refractivity contribution in [1.29, 1.82) is 0 Å². The highest BCUT2D eigenvalue weighted by Gasteiger charge is 2.26. The smallest absolute Gasteiger partial charge is 0.309 e. The minimum absolute atomic E-state index is 0.101. The maximum absolute atomic E-state index is 12.9. The Bertz CT molecular complexity index is 781. The average Bonchev–Trinajstić information content (AvgIpc) is 3.10. The van der Waals surface area contributed by atoms with Crippen LogP contribution in [0.2, 0.25) is 0 Å². The van der Waals surface area contributed by atoms with Crippen LogP contribution in [0.1, 0.15) is 194 Å². The lowest BCUT2D eigenvalue weighted by atomic mass is 9.94. The Hall–Kier alpha value is -1.70. The van der Waals surface area contributed by atoms with E-state index < -0.39 is 37.3 Å². The predicted octanol–water partition coefficient (Wildman–Crippen LogP) is 10.5. The van der Waals surface area contributed by atoms with Gasteiger partial charge in [-0.3, -0.25) is 9.59 Å². The third-order valence-electron chi connectivity index (χ3n) is 9.22. The Kier molecular flexibility index (Phi) is 36.2. The van der Waals surface area contributed by atoms with Crippen LogP contribution >= 0.6 is 0 Å². The van der Waals surface area contributed by atoms with Crippen LogP contribution in [0.3, 0.4) is 0 Å². The summed E-state index contributed by atoms with van der Waals surface area (Å²) in [5.74, 6) is -1.46. The number of rotatable bonds is 37. The molecular formula is C42H78O7. The lowest BCUT2D eigenvalue weighted by Crippen LogP contribution is -2.33. The van der Waals surface area contributed by atoms with Crippen molar-refractivity contribution < 1.29 is 34.4 Å². The summed E-state index contributed by atoms with van der Waals surface area (Å²) in [4.78, 5) is 25.2. The molecule has 0 saturated heterocycles. The molecule has 0 rings (SSSR count). The summed E-state index contributed by atoms with van der Waals surface area (Å²) in [5.41, 5.74) is 0. The number of aliphatic hydroxyl groups is 3. The molecule has 0 aliphatic rings. The zero-order chi connectivity index (χ0) is 36.0. The number of esters is 2. The normalized spacial score (nSPS) is 13.7. The topological polar surface area (TPSA) is 113 Å². The molecule has 0 heterocycles. The Morgan fingerprint density at radius 3 is 1.45 bits per heavy atom. The minimum Gasteiger partial charge on any atom is -0.462 e. The molecule has 7 nitrogen and oxygen atoms in total. The van der Waals surface area contributed by atoms with E-state index in [0.717, 1.165) is 70.6 Å². The number of carbonyl (C=O) groups excluding carboxylic acids is 2. The average molecular weight is 695 g/mol. The second-order valence-electron chi connectivity index (χ2n) is 14.0. The zero-order valence-corrected chi connectivity index (χ0v) is 31.9. The Morgan fingerprint density at radius 2 is 1.00 bits per heavy atom. The highest BCUT2D eigenvalue weighted by Crippen LogP contribution is 2.20. The van der Waals surface area contributed by atoms with Crippen molar-refractivity contribution in [3.8, 4) is 0 Å². The fourth-order valence-corrected chi connectivity index (χ4v) is 6.00. The maximum atomic E-state index is 12.9. The number of carbonyl (C=O) groups is 2. The van der Waals surface area contributed by atoms with Crippen molar-refractivity contribution in [2.75, 3.05) is 19.8 Å². The van der Waals surface area contributed by atoms with Gasteiger partial charge >= 0.3 is 11.9 Å². The summed E-state index contributed by atoms with van der Waals surface area (Å²) >= 11 is 0. The van der Waals surface area contributed by atoms with Gasteiger partial charge < -0.3 is 24.8 Å². The number of allylic oxidation sites excluding steroid dienone is 4. The zero-order valence-electron chi connectivity index (χ0n) is 31.9. The van der Waals surface area contributed by atoms with Gasteiger partial charge in [0.2, 0.25) is 0 Å². The Labute approximate surface area is 301 Å². The Morgan fingerprint density at radius 1 is 0.571 bits per heavy atom. The van der Waals surface area contributed by atoms with E-state index >= 15 is 0 Å². The van der Waals surface area contributed by atoms with Gasteiger partial charge in [0.25, 0.3) is 0 Å². The maximum Gasteiger partial charge on any atom is 0.309 e. The molecule has 288 valence electrons. The highest BCUT2D eigenvalue weighted by atomic mass is 16.6. The summed E-state index contributed by atoms with van der Waals surface area (Å²) in [6.45, 7) is 3.43. The molecule has 3 unspecified atom stereocenters. The van der Waals surface area contributed by atoms with Crippen molar-refractivity contribution in [2.45, 2.75) is 206 Å². The van der Waals surface area contributed by atoms with Gasteiger partial charge in [0, 0.05) is 6.42 Å². The van der Waals surface area contributed by atoms with Crippen LogP contribution in [-0.2, 0) is 19.1 Å². The molecule has 0 aromatic rings. The predicted molar refractivity (Wildman–Crippen MR) is 203 cm³/mol. The van der Waals surface area contributed by atoms with E-state index in [-0.39, 0.29) is 19.0 Å². The van der Waals surface area contributed by atoms with Crippen LogP contribution < -0.4 is 0 Å². The van der Waals surface area contributed by atoms with Crippen LogP contribution in [0, 0.1) is 5.92 Å². The van der Waals surface area contributed by atoms with Gasteiger partial charge in [-0.2, -0.15) is 0 Å². The molecule has 0 fully saturated rings. The van der Waals surface area contributed by atoms with Crippen molar-refractivity contribution in [2.24, 2.45) is 5.92 Å². The minimum atomic E-state index is -1.01. The molecule has 0 aromatic heterocycles. The molecule has 49 heavy (non-hydrogen) atoms. The quantitative estimate of drug-likeness (QED) is 0.0337. The van der Waals surface area contributed by atoms with Gasteiger partial charge in [-0.1, -0.05) is 141 Å². The summed E-state index contributed by atoms with van der Waals surface area (Å²) in [6, 6.07) is 0. The highest BCUT2D eigenvalue weighted by molar-refractivity contribution is 5.73. The van der Waals surface area contributed by atoms with Crippen molar-refractivity contribution in [1.82, 2.24) is 0 Å². The standard InChI is InChI=1S/C42H78O7/c1-3-5-7-9-11-13-15-17-19-21-23-25-27-29-31-33-41(46)48-37-40(36-44)49-42(47)38(34-39(45)35-43)32-30-28-26-24-22-20-18-16-14-12-10-8-6-4-2/h17-20,38-40,43-45H,3-16,21-37H2,1-2H3/b19-17-,20-18-. The first-order valence-corrected chi connectivity index (χ1v) is 20.5. The lowest BCUT2D eigenvalue weighted by molar-refractivity contribution is -0.166. The van der Waals surface area contributed by atoms with E-state index in [1.54, 1.807) is 0 Å². The molecule has 0 amide bonds. The van der Waals surface area contributed by atoms with Gasteiger partial charge in [-0.05, 0) is 70.6 Å². The first-order valence-electron chi connectivity index (χ1n) is 20.5. The molecule has 7 heteroatoms. The van der Waals surface area contributed by atoms with E-state index in [9.17, 15) is 24.9 Å². The molecule has 0 spiro atoms. The van der Waals surface area contributed by atoms with Crippen molar-refractivity contribution in [3.63, 3.8) is 0 Å². The second-order valence-corrected chi connectivity index (χ2v) is 14.0. The molecular weight excluding hydrogens is 616 g/mol. The van der Waals surface area contributed by atoms with Gasteiger partial charge in [-0.15, -0.1) is 0 Å². The van der Waals surface area contributed by atoms with E-state index in [1.165, 1.54) is 89.9 Å². The van der Waals surface area contributed by atoms with E-state index in [2.05, 4.69) is 38.2 Å². The number of unbranched alkanes of at least 4 members (excludes halogenated alkanes) is 21. The van der Waals surface area contributed by atoms with Crippen LogP contribution in [0.15, 0.2) is 24.3 Å². The molecule has 3 atom stereocenters. The molecule has 0 saturated carbocycles. The summed E-state index contributed by atoms with van der Waals surface area (Å²) in [6.07, 6.45) is 37.8. The SMILES string of the molecule is CCCCCCCC/C=C\CCCCCCCC(=O)OCC(CO)OC(=O)C(CCCCCC/C=C\CCCCCCCC)CC(O)CO. The van der Waals surface area contributed by atoms with Crippen LogP contribution in [-0.4, -0.2) is 59.3 Å². The third kappa shape index (κ3) is 33.2. The van der Waals surface area contributed by atoms with Crippen LogP contribution in [0.5, 0.6) is 0 Å². The Balaban J connectivity index is 4.10. The van der Waals surface area contributed by atoms with E-state index in [4.69, 9.17) is 9.47 Å². The van der Waals surface area contributed by atoms with Crippen molar-refractivity contribution in [3.05, 3.63) is 24.3 Å². The number of ether oxygens (including phenoxy) is 2. The largest absolute Gasteiger partial charge is 0.462 e. The third-order valence-corrected chi connectivity index (χ3v) is 9.22. The number of hydrogen-bond acceptors (Lipinski definition) is 7. The second kappa shape index (κ2) is 37.6. The summed E-state index contributed by atoms with van der Waals surface area (Å²) in [5, 5.41) is 29.1. The fraction of sp³-hybridized carbons (Fsp3) is 0.857. The first kappa shape index (κ1) is 47.3. The lowest BCUT2D eigenvalue weighted by Gasteiger charge is -2.22.